The van der Waals surface area contributed by atoms with Gasteiger partial charge in [0.2, 0.25) is 5.91 Å². The molecule has 0 unspecified atom stereocenters. The van der Waals surface area contributed by atoms with Crippen LogP contribution in [0.5, 0.6) is 11.5 Å². The van der Waals surface area contributed by atoms with Gasteiger partial charge in [0, 0.05) is 44.4 Å². The molecule has 1 aromatic heterocycles. The van der Waals surface area contributed by atoms with Crippen molar-refractivity contribution in [2.24, 2.45) is 5.92 Å². The topological polar surface area (TPSA) is 98.3 Å². The number of rotatable bonds is 5. The maximum atomic E-state index is 12.8. The smallest absolute Gasteiger partial charge is 0.225 e. The molecule has 188 valence electrons. The summed E-state index contributed by atoms with van der Waals surface area (Å²) in [5.41, 5.74) is 1.45. The number of benzene rings is 1. The molecule has 4 heterocycles. The van der Waals surface area contributed by atoms with Crippen molar-refractivity contribution in [2.45, 2.75) is 30.4 Å². The number of halogens is 1. The third-order valence-corrected chi connectivity index (χ3v) is 8.01. The molecule has 0 bridgehead atoms. The number of fused-ring (bicyclic) bond motifs is 1. The fourth-order valence-electron chi connectivity index (χ4n) is 4.79. The van der Waals surface area contributed by atoms with Crippen molar-refractivity contribution in [1.29, 1.82) is 0 Å². The number of ether oxygens (including phenoxy) is 3. The molecule has 0 aliphatic carbocycles. The Morgan fingerprint density at radius 2 is 1.94 bits per heavy atom. The second-order valence-electron chi connectivity index (χ2n) is 9.08. The van der Waals surface area contributed by atoms with Gasteiger partial charge in [-0.1, -0.05) is 11.6 Å². The summed E-state index contributed by atoms with van der Waals surface area (Å²) < 4.78 is 41.2. The molecule has 0 spiro atoms. The average Bonchev–Trinajstić information content (AvgIpc) is 3.31. The highest BCUT2D eigenvalue weighted by molar-refractivity contribution is 7.90. The summed E-state index contributed by atoms with van der Waals surface area (Å²) >= 11 is 6.24. The van der Waals surface area contributed by atoms with Gasteiger partial charge in [-0.2, -0.15) is 0 Å². The van der Waals surface area contributed by atoms with E-state index in [-0.39, 0.29) is 28.0 Å². The van der Waals surface area contributed by atoms with Crippen LogP contribution in [-0.2, 0) is 19.4 Å². The first kappa shape index (κ1) is 24.1. The summed E-state index contributed by atoms with van der Waals surface area (Å²) in [7, 11) is -3.52. The lowest BCUT2D eigenvalue weighted by Crippen LogP contribution is -2.38. The van der Waals surface area contributed by atoms with Crippen LogP contribution in [0.25, 0.3) is 0 Å². The van der Waals surface area contributed by atoms with E-state index in [4.69, 9.17) is 25.8 Å². The van der Waals surface area contributed by atoms with Crippen LogP contribution in [0, 0.1) is 5.92 Å². The molecule has 3 aliphatic heterocycles. The van der Waals surface area contributed by atoms with E-state index in [9.17, 15) is 13.2 Å². The summed E-state index contributed by atoms with van der Waals surface area (Å²) in [4.78, 5) is 20.8. The number of carbonyl (C=O) groups is 1. The van der Waals surface area contributed by atoms with Crippen molar-refractivity contribution < 1.29 is 27.4 Å². The van der Waals surface area contributed by atoms with Crippen molar-refractivity contribution >= 4 is 38.7 Å². The first-order valence-electron chi connectivity index (χ1n) is 11.7. The van der Waals surface area contributed by atoms with E-state index in [0.29, 0.717) is 56.6 Å². The molecule has 5 rings (SSSR count). The van der Waals surface area contributed by atoms with Crippen molar-refractivity contribution in [3.8, 4) is 11.5 Å². The highest BCUT2D eigenvalue weighted by atomic mass is 35.5. The Morgan fingerprint density at radius 1 is 1.14 bits per heavy atom. The van der Waals surface area contributed by atoms with E-state index < -0.39 is 9.84 Å². The highest BCUT2D eigenvalue weighted by Crippen LogP contribution is 2.40. The number of pyridine rings is 1. The maximum absolute atomic E-state index is 12.8. The van der Waals surface area contributed by atoms with Gasteiger partial charge >= 0.3 is 0 Å². The Bertz CT molecular complexity index is 1220. The molecule has 3 aliphatic rings. The number of anilines is 2. The van der Waals surface area contributed by atoms with Crippen molar-refractivity contribution in [3.63, 3.8) is 0 Å². The lowest BCUT2D eigenvalue weighted by atomic mass is 9.99. The summed E-state index contributed by atoms with van der Waals surface area (Å²) in [6.45, 7) is 3.57. The van der Waals surface area contributed by atoms with Crippen molar-refractivity contribution in [1.82, 2.24) is 9.88 Å². The Hall–Kier alpha value is -2.56. The highest BCUT2D eigenvalue weighted by Gasteiger charge is 2.33. The SMILES string of the molecule is CS(=O)(=O)c1ncc(N2CCOc3ccc(O[C@H]4CCN(C(=O)C5CCOCC5)C4)cc32)cc1Cl. The number of sulfone groups is 1. The van der Waals surface area contributed by atoms with E-state index in [2.05, 4.69) is 4.98 Å². The van der Waals surface area contributed by atoms with Crippen LogP contribution >= 0.6 is 11.6 Å². The van der Waals surface area contributed by atoms with E-state index in [1.54, 1.807) is 6.07 Å². The number of nitrogens with zero attached hydrogens (tertiary/aromatic N) is 3. The molecule has 0 N–H and O–H groups in total. The van der Waals surface area contributed by atoms with Crippen LogP contribution in [0.3, 0.4) is 0 Å². The minimum atomic E-state index is -3.52. The molecule has 1 amide bonds. The zero-order valence-electron chi connectivity index (χ0n) is 19.5. The van der Waals surface area contributed by atoms with Crippen LogP contribution in [0.4, 0.5) is 11.4 Å². The van der Waals surface area contributed by atoms with Crippen LogP contribution in [0.2, 0.25) is 5.02 Å². The number of hydrogen-bond acceptors (Lipinski definition) is 8. The molecule has 2 saturated heterocycles. The quantitative estimate of drug-likeness (QED) is 0.592. The normalized spacial score (nSPS) is 20.9. The van der Waals surface area contributed by atoms with E-state index in [1.165, 1.54) is 6.20 Å². The van der Waals surface area contributed by atoms with Gasteiger partial charge in [0.1, 0.15) is 24.2 Å². The van der Waals surface area contributed by atoms with E-state index in [1.807, 2.05) is 28.0 Å². The predicted octanol–water partition coefficient (Wildman–Crippen LogP) is 3.08. The Morgan fingerprint density at radius 3 is 2.69 bits per heavy atom. The standard InChI is InChI=1S/C24H28ClN3O6S/c1-35(30,31)23-20(25)12-17(14-26-23)28-8-11-33-22-3-2-18(13-21(22)28)34-19-4-7-27(15-19)24(29)16-5-9-32-10-6-16/h2-3,12-14,16,19H,4-11,15H2,1H3/t19-/m0/s1. The number of likely N-dealkylation sites (tertiary alicyclic amines) is 1. The summed E-state index contributed by atoms with van der Waals surface area (Å²) in [5, 5.41) is -0.0692. The zero-order valence-corrected chi connectivity index (χ0v) is 21.1. The molecule has 35 heavy (non-hydrogen) atoms. The zero-order chi connectivity index (χ0) is 24.6. The fourth-order valence-corrected chi connectivity index (χ4v) is 6.03. The molecular weight excluding hydrogens is 494 g/mol. The van der Waals surface area contributed by atoms with Gasteiger partial charge in [-0.15, -0.1) is 0 Å². The average molecular weight is 522 g/mol. The Kier molecular flexibility index (Phi) is 6.78. The monoisotopic (exact) mass is 521 g/mol. The lowest BCUT2D eigenvalue weighted by Gasteiger charge is -2.31. The van der Waals surface area contributed by atoms with Crippen LogP contribution in [0.1, 0.15) is 19.3 Å². The number of amides is 1. The third kappa shape index (κ3) is 5.19. The first-order chi connectivity index (χ1) is 16.8. The molecule has 1 atom stereocenters. The molecule has 0 saturated carbocycles. The first-order valence-corrected chi connectivity index (χ1v) is 14.0. The van der Waals surface area contributed by atoms with Crippen LogP contribution in [-0.4, -0.2) is 76.0 Å². The van der Waals surface area contributed by atoms with Crippen molar-refractivity contribution in [2.75, 3.05) is 50.6 Å². The van der Waals surface area contributed by atoms with Gasteiger partial charge in [-0.05, 0) is 31.0 Å². The minimum absolute atomic E-state index is 0.0477. The number of aromatic nitrogens is 1. The summed E-state index contributed by atoms with van der Waals surface area (Å²) in [6.07, 6.45) is 4.84. The molecule has 1 aromatic carbocycles. The fraction of sp³-hybridized carbons (Fsp3) is 0.500. The van der Waals surface area contributed by atoms with Gasteiger partial charge in [-0.3, -0.25) is 4.79 Å². The van der Waals surface area contributed by atoms with Gasteiger partial charge in [0.15, 0.2) is 14.9 Å². The molecule has 9 nitrogen and oxygen atoms in total. The summed E-state index contributed by atoms with van der Waals surface area (Å²) in [6, 6.07) is 7.22. The van der Waals surface area contributed by atoms with Gasteiger partial charge < -0.3 is 24.0 Å². The van der Waals surface area contributed by atoms with E-state index in [0.717, 1.165) is 31.2 Å². The largest absolute Gasteiger partial charge is 0.490 e. The molecule has 11 heteroatoms. The Labute approximate surface area is 209 Å². The van der Waals surface area contributed by atoms with Gasteiger partial charge in [0.05, 0.1) is 35.7 Å². The number of carbonyl (C=O) groups excluding carboxylic acids is 1. The Balaban J connectivity index is 1.31. The van der Waals surface area contributed by atoms with Crippen molar-refractivity contribution in [3.05, 3.63) is 35.5 Å². The molecule has 0 radical (unpaired) electrons. The molecule has 2 fully saturated rings. The second-order valence-corrected chi connectivity index (χ2v) is 11.4. The predicted molar refractivity (Wildman–Crippen MR) is 130 cm³/mol. The van der Waals surface area contributed by atoms with Gasteiger partial charge in [-0.25, -0.2) is 13.4 Å². The van der Waals surface area contributed by atoms with Gasteiger partial charge in [0.25, 0.3) is 0 Å². The lowest BCUT2D eigenvalue weighted by molar-refractivity contribution is -0.137. The molecular formula is C24H28ClN3O6S. The van der Waals surface area contributed by atoms with E-state index >= 15 is 0 Å². The number of hydrogen-bond donors (Lipinski definition) is 0. The third-order valence-electron chi connectivity index (χ3n) is 6.58. The summed E-state index contributed by atoms with van der Waals surface area (Å²) in [5.74, 6) is 1.61. The van der Waals surface area contributed by atoms with Crippen LogP contribution < -0.4 is 14.4 Å². The van der Waals surface area contributed by atoms with Crippen LogP contribution in [0.15, 0.2) is 35.5 Å². The molecule has 2 aromatic rings. The maximum Gasteiger partial charge on any atom is 0.225 e. The minimum Gasteiger partial charge on any atom is -0.490 e. The second kappa shape index (κ2) is 9.83.